The van der Waals surface area contributed by atoms with Crippen molar-refractivity contribution in [1.82, 2.24) is 5.16 Å². The summed E-state index contributed by atoms with van der Waals surface area (Å²) in [6, 6.07) is 13.1. The van der Waals surface area contributed by atoms with Crippen molar-refractivity contribution >= 4 is 38.9 Å². The monoisotopic (exact) mass is 433 g/mol. The number of anilines is 2. The van der Waals surface area contributed by atoms with Gasteiger partial charge in [-0.05, 0) is 61.7 Å². The van der Waals surface area contributed by atoms with Crippen LogP contribution in [0.1, 0.15) is 23.2 Å². The van der Waals surface area contributed by atoms with Crippen molar-refractivity contribution < 1.29 is 17.7 Å². The normalized spacial score (nSPS) is 11.3. The lowest BCUT2D eigenvalue weighted by Gasteiger charge is -2.13. The number of rotatable bonds is 7. The molecule has 152 valence electrons. The second-order valence-electron chi connectivity index (χ2n) is 6.52. The molecule has 0 fully saturated rings. The summed E-state index contributed by atoms with van der Waals surface area (Å²) >= 11 is 5.91. The maximum atomic E-state index is 12.6. The van der Waals surface area contributed by atoms with Gasteiger partial charge in [0, 0.05) is 17.7 Å². The number of aromatic nitrogens is 1. The molecule has 0 radical (unpaired) electrons. The molecular weight excluding hydrogens is 414 g/mol. The maximum Gasteiger partial charge on any atom is 0.261 e. The summed E-state index contributed by atoms with van der Waals surface area (Å²) in [6.07, 6.45) is 0.570. The molecule has 0 unspecified atom stereocenters. The summed E-state index contributed by atoms with van der Waals surface area (Å²) in [6.45, 7) is 3.54. The second kappa shape index (κ2) is 8.67. The van der Waals surface area contributed by atoms with Gasteiger partial charge in [0.2, 0.25) is 11.1 Å². The van der Waals surface area contributed by atoms with Crippen LogP contribution in [0.4, 0.5) is 11.4 Å². The molecule has 9 heteroatoms. The third kappa shape index (κ3) is 5.16. The first kappa shape index (κ1) is 20.9. The molecule has 1 amide bonds. The lowest BCUT2D eigenvalue weighted by atomic mass is 10.1. The zero-order valence-corrected chi connectivity index (χ0v) is 17.5. The highest BCUT2D eigenvalue weighted by atomic mass is 35.5. The van der Waals surface area contributed by atoms with E-state index >= 15 is 0 Å². The van der Waals surface area contributed by atoms with E-state index in [1.807, 2.05) is 0 Å². The molecule has 0 bridgehead atoms. The van der Waals surface area contributed by atoms with Crippen molar-refractivity contribution in [3.8, 4) is 0 Å². The van der Waals surface area contributed by atoms with Crippen molar-refractivity contribution in [2.75, 3.05) is 10.0 Å². The number of benzene rings is 2. The van der Waals surface area contributed by atoms with Crippen LogP contribution in [0.5, 0.6) is 0 Å². The smallest absolute Gasteiger partial charge is 0.261 e. The minimum atomic E-state index is -3.73. The Labute approximate surface area is 174 Å². The van der Waals surface area contributed by atoms with Crippen LogP contribution in [-0.2, 0) is 21.2 Å². The molecule has 3 rings (SSSR count). The summed E-state index contributed by atoms with van der Waals surface area (Å²) in [5.74, 6) is -0.234. The van der Waals surface area contributed by atoms with Crippen molar-refractivity contribution in [1.29, 1.82) is 0 Å². The number of aryl methyl sites for hydroxylation is 2. The van der Waals surface area contributed by atoms with Gasteiger partial charge in [-0.2, -0.15) is 0 Å². The number of nitrogens with one attached hydrogen (secondary N) is 2. The number of carbonyl (C=O) groups is 1. The first-order valence-electron chi connectivity index (χ1n) is 8.85. The molecule has 0 aliphatic heterocycles. The molecule has 2 aromatic carbocycles. The zero-order valence-electron chi connectivity index (χ0n) is 15.9. The number of carbonyl (C=O) groups excluding carboxylic acids is 1. The highest BCUT2D eigenvalue weighted by molar-refractivity contribution is 7.92. The van der Waals surface area contributed by atoms with E-state index in [0.717, 1.165) is 5.56 Å². The van der Waals surface area contributed by atoms with Gasteiger partial charge in [-0.15, -0.1) is 0 Å². The topological polar surface area (TPSA) is 101 Å². The SMILES string of the molecule is Cc1ccc(NC(=O)CCc2c(C)noc2Cl)cc1NS(=O)(=O)c1ccccc1. The Bertz CT molecular complexity index is 1110. The fraction of sp³-hybridized carbons (Fsp3) is 0.200. The lowest BCUT2D eigenvalue weighted by molar-refractivity contribution is -0.116. The second-order valence-corrected chi connectivity index (χ2v) is 8.54. The van der Waals surface area contributed by atoms with Crippen molar-refractivity contribution in [2.24, 2.45) is 0 Å². The molecule has 1 aromatic heterocycles. The van der Waals surface area contributed by atoms with Crippen LogP contribution in [0.2, 0.25) is 5.22 Å². The number of amides is 1. The Kier molecular flexibility index (Phi) is 6.24. The minimum Gasteiger partial charge on any atom is -0.344 e. The fourth-order valence-electron chi connectivity index (χ4n) is 2.72. The number of nitrogens with zero attached hydrogens (tertiary/aromatic N) is 1. The molecule has 0 aliphatic carbocycles. The van der Waals surface area contributed by atoms with E-state index in [9.17, 15) is 13.2 Å². The van der Waals surface area contributed by atoms with E-state index in [1.54, 1.807) is 50.2 Å². The first-order valence-corrected chi connectivity index (χ1v) is 10.7. The van der Waals surface area contributed by atoms with Gasteiger partial charge < -0.3 is 9.84 Å². The molecule has 0 atom stereocenters. The van der Waals surface area contributed by atoms with Crippen LogP contribution in [0.3, 0.4) is 0 Å². The van der Waals surface area contributed by atoms with Crippen LogP contribution in [0.15, 0.2) is 57.9 Å². The number of sulfonamides is 1. The largest absolute Gasteiger partial charge is 0.344 e. The first-order chi connectivity index (χ1) is 13.8. The van der Waals surface area contributed by atoms with E-state index < -0.39 is 10.0 Å². The van der Waals surface area contributed by atoms with Crippen LogP contribution < -0.4 is 10.0 Å². The van der Waals surface area contributed by atoms with Crippen LogP contribution in [0.25, 0.3) is 0 Å². The lowest BCUT2D eigenvalue weighted by Crippen LogP contribution is -2.15. The van der Waals surface area contributed by atoms with Crippen LogP contribution >= 0.6 is 11.6 Å². The van der Waals surface area contributed by atoms with Gasteiger partial charge in [0.1, 0.15) is 0 Å². The van der Waals surface area contributed by atoms with Gasteiger partial charge in [0.25, 0.3) is 10.0 Å². The third-order valence-corrected chi connectivity index (χ3v) is 6.04. The van der Waals surface area contributed by atoms with Gasteiger partial charge in [0.15, 0.2) is 0 Å². The molecular formula is C20H20ClN3O4S. The summed E-state index contributed by atoms with van der Waals surface area (Å²) < 4.78 is 32.6. The Morgan fingerprint density at radius 2 is 1.86 bits per heavy atom. The molecule has 29 heavy (non-hydrogen) atoms. The summed E-state index contributed by atoms with van der Waals surface area (Å²) in [4.78, 5) is 12.5. The zero-order chi connectivity index (χ0) is 21.0. The molecule has 3 aromatic rings. The van der Waals surface area contributed by atoms with E-state index in [-0.39, 0.29) is 22.4 Å². The summed E-state index contributed by atoms with van der Waals surface area (Å²) in [7, 11) is -3.73. The van der Waals surface area contributed by atoms with Crippen LogP contribution in [0, 0.1) is 13.8 Å². The van der Waals surface area contributed by atoms with Crippen LogP contribution in [-0.4, -0.2) is 19.5 Å². The average molecular weight is 434 g/mol. The molecule has 0 spiro atoms. The average Bonchev–Trinajstić information content (AvgIpc) is 3.01. The Morgan fingerprint density at radius 1 is 1.14 bits per heavy atom. The Balaban J connectivity index is 1.69. The highest BCUT2D eigenvalue weighted by Crippen LogP contribution is 2.24. The summed E-state index contributed by atoms with van der Waals surface area (Å²) in [5.41, 5.74) is 2.95. The molecule has 0 aliphatic rings. The number of halogens is 1. The van der Waals surface area contributed by atoms with E-state index in [4.69, 9.17) is 16.1 Å². The van der Waals surface area contributed by atoms with E-state index in [0.29, 0.717) is 29.1 Å². The molecule has 2 N–H and O–H groups in total. The van der Waals surface area contributed by atoms with Crippen molar-refractivity contribution in [3.63, 3.8) is 0 Å². The Morgan fingerprint density at radius 3 is 2.52 bits per heavy atom. The molecule has 0 saturated carbocycles. The molecule has 1 heterocycles. The van der Waals surface area contributed by atoms with Crippen molar-refractivity contribution in [3.05, 3.63) is 70.6 Å². The highest BCUT2D eigenvalue weighted by Gasteiger charge is 2.16. The standard InChI is InChI=1S/C20H20ClN3O4S/c1-13-8-9-15(22-19(25)11-10-17-14(2)23-28-20(17)21)12-18(13)24-29(26,27)16-6-4-3-5-7-16/h3-9,12,24H,10-11H2,1-2H3,(H,22,25). The van der Waals surface area contributed by atoms with E-state index in [2.05, 4.69) is 15.2 Å². The van der Waals surface area contributed by atoms with Gasteiger partial charge >= 0.3 is 0 Å². The van der Waals surface area contributed by atoms with Gasteiger partial charge in [0.05, 0.1) is 16.3 Å². The van der Waals surface area contributed by atoms with Gasteiger partial charge in [-0.1, -0.05) is 29.4 Å². The predicted molar refractivity (Wildman–Crippen MR) is 112 cm³/mol. The third-order valence-electron chi connectivity index (χ3n) is 4.36. The Hall–Kier alpha value is -2.84. The maximum absolute atomic E-state index is 12.6. The molecule has 7 nitrogen and oxygen atoms in total. The number of hydrogen-bond acceptors (Lipinski definition) is 5. The van der Waals surface area contributed by atoms with Gasteiger partial charge in [-0.3, -0.25) is 9.52 Å². The number of hydrogen-bond donors (Lipinski definition) is 2. The fourth-order valence-corrected chi connectivity index (χ4v) is 4.12. The minimum absolute atomic E-state index is 0.162. The summed E-state index contributed by atoms with van der Waals surface area (Å²) in [5, 5.41) is 6.71. The van der Waals surface area contributed by atoms with Gasteiger partial charge in [-0.25, -0.2) is 8.42 Å². The van der Waals surface area contributed by atoms with E-state index in [1.165, 1.54) is 12.1 Å². The van der Waals surface area contributed by atoms with Crippen molar-refractivity contribution in [2.45, 2.75) is 31.6 Å². The predicted octanol–water partition coefficient (Wildman–Crippen LogP) is 4.32. The molecule has 0 saturated heterocycles. The quantitative estimate of drug-likeness (QED) is 0.577.